The van der Waals surface area contributed by atoms with E-state index in [1.54, 1.807) is 30.3 Å². The zero-order chi connectivity index (χ0) is 22.8. The Balaban J connectivity index is 1.67. The van der Waals surface area contributed by atoms with Crippen molar-refractivity contribution in [3.63, 3.8) is 0 Å². The molecule has 0 atom stereocenters. The molecule has 1 aromatic heterocycles. The zero-order valence-electron chi connectivity index (χ0n) is 16.9. The number of Topliss-reactive ketones (excluding diaryl/α,β-unsaturated/α-hetero) is 1. The van der Waals surface area contributed by atoms with E-state index in [1.807, 2.05) is 31.2 Å². The summed E-state index contributed by atoms with van der Waals surface area (Å²) in [5, 5.41) is 1.60. The number of carbonyl (C=O) groups is 2. The molecular weight excluding hydrogens is 469 g/mol. The highest BCUT2D eigenvalue weighted by molar-refractivity contribution is 6.37. The Morgan fingerprint density at radius 3 is 2.25 bits per heavy atom. The first kappa shape index (κ1) is 22.3. The van der Waals surface area contributed by atoms with Gasteiger partial charge in [-0.2, -0.15) is 0 Å². The number of rotatable bonds is 5. The molecule has 0 fully saturated rings. The molecule has 0 amide bonds. The number of ether oxygens (including phenoxy) is 1. The van der Waals surface area contributed by atoms with Crippen LogP contribution in [0.5, 0.6) is 0 Å². The number of fused-ring (bicyclic) bond motifs is 1. The fourth-order valence-corrected chi connectivity index (χ4v) is 3.93. The van der Waals surface area contributed by atoms with Crippen LogP contribution in [0.1, 0.15) is 26.3 Å². The number of carbonyl (C=O) groups excluding carboxylic acids is 2. The second kappa shape index (κ2) is 9.29. The Morgan fingerprint density at radius 1 is 0.844 bits per heavy atom. The lowest BCUT2D eigenvalue weighted by Gasteiger charge is -2.11. The van der Waals surface area contributed by atoms with E-state index in [1.165, 1.54) is 12.1 Å². The van der Waals surface area contributed by atoms with E-state index in [0.29, 0.717) is 26.6 Å². The van der Waals surface area contributed by atoms with Gasteiger partial charge in [0, 0.05) is 26.6 Å². The van der Waals surface area contributed by atoms with E-state index < -0.39 is 18.4 Å². The molecular formula is C25H16Cl3NO3. The van der Waals surface area contributed by atoms with Gasteiger partial charge in [-0.3, -0.25) is 4.79 Å². The van der Waals surface area contributed by atoms with Crippen LogP contribution in [-0.2, 0) is 4.74 Å². The van der Waals surface area contributed by atoms with Gasteiger partial charge in [0.05, 0.1) is 21.8 Å². The molecule has 0 spiro atoms. The van der Waals surface area contributed by atoms with Crippen molar-refractivity contribution < 1.29 is 14.3 Å². The van der Waals surface area contributed by atoms with E-state index >= 15 is 0 Å². The molecule has 0 unspecified atom stereocenters. The van der Waals surface area contributed by atoms with Gasteiger partial charge in [0.25, 0.3) is 0 Å². The Kier molecular flexibility index (Phi) is 6.47. The second-order valence-electron chi connectivity index (χ2n) is 7.21. The van der Waals surface area contributed by atoms with E-state index in [9.17, 15) is 9.59 Å². The molecule has 160 valence electrons. The molecule has 0 aliphatic rings. The van der Waals surface area contributed by atoms with Gasteiger partial charge in [0.2, 0.25) is 5.78 Å². The summed E-state index contributed by atoms with van der Waals surface area (Å²) in [7, 11) is 0. The third-order valence-electron chi connectivity index (χ3n) is 4.90. The monoisotopic (exact) mass is 483 g/mol. The van der Waals surface area contributed by atoms with Crippen molar-refractivity contribution in [3.05, 3.63) is 98.5 Å². The smallest absolute Gasteiger partial charge is 0.339 e. The Morgan fingerprint density at radius 2 is 1.53 bits per heavy atom. The summed E-state index contributed by atoms with van der Waals surface area (Å²) in [4.78, 5) is 30.2. The van der Waals surface area contributed by atoms with Crippen LogP contribution in [0.3, 0.4) is 0 Å². The number of pyridine rings is 1. The molecule has 3 aromatic carbocycles. The maximum Gasteiger partial charge on any atom is 0.339 e. The summed E-state index contributed by atoms with van der Waals surface area (Å²) in [6, 6.07) is 19.0. The molecule has 32 heavy (non-hydrogen) atoms. The highest BCUT2D eigenvalue weighted by Gasteiger charge is 2.19. The minimum Gasteiger partial charge on any atom is -0.454 e. The van der Waals surface area contributed by atoms with Crippen molar-refractivity contribution in [1.29, 1.82) is 0 Å². The van der Waals surface area contributed by atoms with Crippen molar-refractivity contribution in [1.82, 2.24) is 4.98 Å². The van der Waals surface area contributed by atoms with Crippen LogP contribution in [-0.4, -0.2) is 23.3 Å². The van der Waals surface area contributed by atoms with Gasteiger partial charge in [-0.15, -0.1) is 0 Å². The topological polar surface area (TPSA) is 56.3 Å². The first-order valence-electron chi connectivity index (χ1n) is 9.64. The molecule has 7 heteroatoms. The summed E-state index contributed by atoms with van der Waals surface area (Å²) >= 11 is 18.1. The predicted octanol–water partition coefficient (Wildman–Crippen LogP) is 7.21. The molecule has 0 aliphatic heterocycles. The van der Waals surface area contributed by atoms with Crippen molar-refractivity contribution in [2.45, 2.75) is 6.92 Å². The minimum absolute atomic E-state index is 0.196. The molecule has 4 nitrogen and oxygen atoms in total. The van der Waals surface area contributed by atoms with Crippen LogP contribution in [0.2, 0.25) is 15.1 Å². The SMILES string of the molecule is Cc1ccc(-c2cc(C(=O)OCC(=O)c3ccc(Cl)cc3Cl)c3cc(Cl)ccc3n2)cc1. The molecule has 0 saturated carbocycles. The van der Waals surface area contributed by atoms with E-state index in [-0.39, 0.29) is 16.1 Å². The number of halogens is 3. The lowest BCUT2D eigenvalue weighted by molar-refractivity contribution is 0.0476. The van der Waals surface area contributed by atoms with Crippen molar-refractivity contribution in [2.75, 3.05) is 6.61 Å². The second-order valence-corrected chi connectivity index (χ2v) is 8.49. The molecule has 0 N–H and O–H groups in total. The summed E-state index contributed by atoms with van der Waals surface area (Å²) in [6.45, 7) is 1.52. The highest BCUT2D eigenvalue weighted by atomic mass is 35.5. The summed E-state index contributed by atoms with van der Waals surface area (Å²) < 4.78 is 5.34. The van der Waals surface area contributed by atoms with E-state index in [4.69, 9.17) is 39.5 Å². The van der Waals surface area contributed by atoms with Gasteiger partial charge in [-0.1, -0.05) is 64.6 Å². The van der Waals surface area contributed by atoms with Crippen LogP contribution < -0.4 is 0 Å². The van der Waals surface area contributed by atoms with E-state index in [2.05, 4.69) is 4.98 Å². The van der Waals surface area contributed by atoms with Crippen LogP contribution in [0.4, 0.5) is 0 Å². The van der Waals surface area contributed by atoms with Gasteiger partial charge < -0.3 is 4.74 Å². The van der Waals surface area contributed by atoms with Crippen LogP contribution in [0, 0.1) is 6.92 Å². The average Bonchev–Trinajstić information content (AvgIpc) is 2.77. The van der Waals surface area contributed by atoms with Crippen molar-refractivity contribution in [2.24, 2.45) is 0 Å². The van der Waals surface area contributed by atoms with E-state index in [0.717, 1.165) is 11.1 Å². The molecule has 4 rings (SSSR count). The number of esters is 1. The largest absolute Gasteiger partial charge is 0.454 e. The van der Waals surface area contributed by atoms with Crippen molar-refractivity contribution in [3.8, 4) is 11.3 Å². The number of benzene rings is 3. The molecule has 0 saturated heterocycles. The zero-order valence-corrected chi connectivity index (χ0v) is 19.1. The molecule has 1 heterocycles. The fourth-order valence-electron chi connectivity index (χ4n) is 3.24. The summed E-state index contributed by atoms with van der Waals surface area (Å²) in [5.74, 6) is -1.10. The van der Waals surface area contributed by atoms with Crippen LogP contribution >= 0.6 is 34.8 Å². The number of aromatic nitrogens is 1. The number of hydrogen-bond donors (Lipinski definition) is 0. The number of nitrogens with zero attached hydrogens (tertiary/aromatic N) is 1. The van der Waals surface area contributed by atoms with Gasteiger partial charge in [-0.25, -0.2) is 9.78 Å². The number of hydrogen-bond acceptors (Lipinski definition) is 4. The average molecular weight is 485 g/mol. The Hall–Kier alpha value is -2.92. The normalized spacial score (nSPS) is 10.9. The Bertz CT molecular complexity index is 1350. The molecule has 4 aromatic rings. The molecule has 0 radical (unpaired) electrons. The van der Waals surface area contributed by atoms with Gasteiger partial charge in [0.1, 0.15) is 0 Å². The van der Waals surface area contributed by atoms with Gasteiger partial charge >= 0.3 is 5.97 Å². The lowest BCUT2D eigenvalue weighted by atomic mass is 10.0. The lowest BCUT2D eigenvalue weighted by Crippen LogP contribution is -2.15. The standard InChI is InChI=1S/C25H16Cl3NO3/c1-14-2-4-15(5-3-14)23-12-20(19-10-16(26)7-9-22(19)29-23)25(31)32-13-24(30)18-8-6-17(27)11-21(18)28/h2-12H,13H2,1H3. The minimum atomic E-state index is -0.661. The van der Waals surface area contributed by atoms with Gasteiger partial charge in [-0.05, 0) is 49.4 Å². The predicted molar refractivity (Wildman–Crippen MR) is 128 cm³/mol. The summed E-state index contributed by atoms with van der Waals surface area (Å²) in [6.07, 6.45) is 0. The molecule has 0 aliphatic carbocycles. The van der Waals surface area contributed by atoms with Crippen LogP contribution in [0.15, 0.2) is 66.7 Å². The number of ketones is 1. The third-order valence-corrected chi connectivity index (χ3v) is 5.69. The quantitative estimate of drug-likeness (QED) is 0.222. The Labute approximate surface area is 199 Å². The maximum absolute atomic E-state index is 13.0. The molecule has 0 bridgehead atoms. The van der Waals surface area contributed by atoms with Crippen LogP contribution in [0.25, 0.3) is 22.2 Å². The first-order chi connectivity index (χ1) is 15.3. The first-order valence-corrected chi connectivity index (χ1v) is 10.8. The fraction of sp³-hybridized carbons (Fsp3) is 0.0800. The maximum atomic E-state index is 13.0. The summed E-state index contributed by atoms with van der Waals surface area (Å²) in [5.41, 5.74) is 3.66. The third kappa shape index (κ3) is 4.78. The highest BCUT2D eigenvalue weighted by Crippen LogP contribution is 2.28. The number of aryl methyl sites for hydroxylation is 1. The van der Waals surface area contributed by atoms with Gasteiger partial charge in [0.15, 0.2) is 6.61 Å². The van der Waals surface area contributed by atoms with Crippen molar-refractivity contribution >= 4 is 57.5 Å².